The lowest BCUT2D eigenvalue weighted by Gasteiger charge is -2.34. The van der Waals surface area contributed by atoms with Crippen molar-refractivity contribution < 1.29 is 14.0 Å². The van der Waals surface area contributed by atoms with Gasteiger partial charge >= 0.3 is 0 Å². The summed E-state index contributed by atoms with van der Waals surface area (Å²) in [6.45, 7) is 5.17. The van der Waals surface area contributed by atoms with Gasteiger partial charge in [0, 0.05) is 24.7 Å². The molecule has 1 saturated heterocycles. The third kappa shape index (κ3) is 3.19. The fourth-order valence-electron chi connectivity index (χ4n) is 2.47. The standard InChI is InChI=1S/C14H21N3O3/c1-9-5-8-20-12(9)14(19)16-11-3-6-17(7-4-11)10(2)13(15)18/h5,8,10-11H,3-4,6-7H2,1-2H3,(H2,15,18)(H,16,19)/t10-/m0/s1. The molecule has 1 aromatic heterocycles. The Bertz CT molecular complexity index is 490. The Hall–Kier alpha value is -1.82. The Morgan fingerprint density at radius 1 is 1.45 bits per heavy atom. The van der Waals surface area contributed by atoms with Crippen LogP contribution < -0.4 is 11.1 Å². The van der Waals surface area contributed by atoms with Crippen LogP contribution in [-0.4, -0.2) is 41.9 Å². The minimum Gasteiger partial charge on any atom is -0.459 e. The van der Waals surface area contributed by atoms with Crippen molar-refractivity contribution in [2.45, 2.75) is 38.8 Å². The number of furan rings is 1. The number of nitrogens with zero attached hydrogens (tertiary/aromatic N) is 1. The monoisotopic (exact) mass is 279 g/mol. The molecule has 2 amide bonds. The van der Waals surface area contributed by atoms with Crippen LogP contribution in [0.25, 0.3) is 0 Å². The van der Waals surface area contributed by atoms with E-state index in [1.807, 2.05) is 18.7 Å². The zero-order chi connectivity index (χ0) is 14.7. The Morgan fingerprint density at radius 3 is 2.60 bits per heavy atom. The Labute approximate surface area is 118 Å². The van der Waals surface area contributed by atoms with Crippen LogP contribution in [0.3, 0.4) is 0 Å². The highest BCUT2D eigenvalue weighted by molar-refractivity contribution is 5.93. The highest BCUT2D eigenvalue weighted by atomic mass is 16.3. The zero-order valence-corrected chi connectivity index (χ0v) is 11.9. The van der Waals surface area contributed by atoms with Crippen molar-refractivity contribution in [2.75, 3.05) is 13.1 Å². The van der Waals surface area contributed by atoms with Gasteiger partial charge in [0.2, 0.25) is 5.91 Å². The minimum atomic E-state index is -0.307. The SMILES string of the molecule is Cc1ccoc1C(=O)NC1CCN([C@@H](C)C(N)=O)CC1. The molecule has 1 aromatic rings. The number of primary amides is 1. The van der Waals surface area contributed by atoms with E-state index in [4.69, 9.17) is 10.2 Å². The summed E-state index contributed by atoms with van der Waals surface area (Å²) in [6, 6.07) is 1.63. The highest BCUT2D eigenvalue weighted by Crippen LogP contribution is 2.15. The number of hydrogen-bond acceptors (Lipinski definition) is 4. The first-order chi connectivity index (χ1) is 9.49. The van der Waals surface area contributed by atoms with Gasteiger partial charge in [-0.1, -0.05) is 0 Å². The van der Waals surface area contributed by atoms with E-state index in [2.05, 4.69) is 5.32 Å². The normalized spacial score (nSPS) is 18.7. The molecule has 6 heteroatoms. The molecule has 20 heavy (non-hydrogen) atoms. The summed E-state index contributed by atoms with van der Waals surface area (Å²) < 4.78 is 5.17. The number of piperidine rings is 1. The van der Waals surface area contributed by atoms with Crippen molar-refractivity contribution in [3.05, 3.63) is 23.7 Å². The predicted molar refractivity (Wildman–Crippen MR) is 74.2 cm³/mol. The molecule has 1 fully saturated rings. The summed E-state index contributed by atoms with van der Waals surface area (Å²) in [5.74, 6) is -0.106. The van der Waals surface area contributed by atoms with Crippen LogP contribution in [0.2, 0.25) is 0 Å². The van der Waals surface area contributed by atoms with E-state index in [9.17, 15) is 9.59 Å². The molecular formula is C14H21N3O3. The molecular weight excluding hydrogens is 258 g/mol. The van der Waals surface area contributed by atoms with E-state index < -0.39 is 0 Å². The molecule has 0 aliphatic carbocycles. The maximum absolute atomic E-state index is 12.0. The molecule has 0 bridgehead atoms. The van der Waals surface area contributed by atoms with E-state index >= 15 is 0 Å². The maximum atomic E-state index is 12.0. The van der Waals surface area contributed by atoms with Crippen LogP contribution in [0.15, 0.2) is 16.7 Å². The molecule has 2 heterocycles. The number of carbonyl (C=O) groups is 2. The number of hydrogen-bond donors (Lipinski definition) is 2. The summed E-state index contributed by atoms with van der Waals surface area (Å²) in [4.78, 5) is 25.2. The van der Waals surface area contributed by atoms with Gasteiger partial charge < -0.3 is 15.5 Å². The first-order valence-electron chi connectivity index (χ1n) is 6.87. The smallest absolute Gasteiger partial charge is 0.287 e. The summed E-state index contributed by atoms with van der Waals surface area (Å²) in [6.07, 6.45) is 3.13. The third-order valence-corrected chi connectivity index (χ3v) is 3.89. The second-order valence-corrected chi connectivity index (χ2v) is 5.29. The predicted octanol–water partition coefficient (Wildman–Crippen LogP) is 0.656. The highest BCUT2D eigenvalue weighted by Gasteiger charge is 2.26. The molecule has 2 rings (SSSR count). The Morgan fingerprint density at radius 2 is 2.10 bits per heavy atom. The van der Waals surface area contributed by atoms with Gasteiger partial charge in [-0.25, -0.2) is 0 Å². The molecule has 0 unspecified atom stereocenters. The number of rotatable bonds is 4. The van der Waals surface area contributed by atoms with E-state index in [0.29, 0.717) is 5.76 Å². The van der Waals surface area contributed by atoms with Gasteiger partial charge in [-0.3, -0.25) is 14.5 Å². The molecule has 0 spiro atoms. The van der Waals surface area contributed by atoms with Gasteiger partial charge in [0.15, 0.2) is 5.76 Å². The number of nitrogens with two attached hydrogens (primary N) is 1. The average molecular weight is 279 g/mol. The molecule has 0 saturated carbocycles. The minimum absolute atomic E-state index is 0.114. The van der Waals surface area contributed by atoms with Gasteiger partial charge in [0.1, 0.15) is 0 Å². The molecule has 0 aromatic carbocycles. The van der Waals surface area contributed by atoms with Crippen LogP contribution >= 0.6 is 0 Å². The topological polar surface area (TPSA) is 88.6 Å². The van der Waals surface area contributed by atoms with E-state index in [-0.39, 0.29) is 23.9 Å². The second-order valence-electron chi connectivity index (χ2n) is 5.29. The average Bonchev–Trinajstić information content (AvgIpc) is 2.85. The van der Waals surface area contributed by atoms with E-state index in [1.54, 1.807) is 6.07 Å². The summed E-state index contributed by atoms with van der Waals surface area (Å²) in [5, 5.41) is 2.98. The van der Waals surface area contributed by atoms with Crippen molar-refractivity contribution in [3.8, 4) is 0 Å². The lowest BCUT2D eigenvalue weighted by atomic mass is 10.0. The Kier molecular flexibility index (Phi) is 4.44. The summed E-state index contributed by atoms with van der Waals surface area (Å²) in [5.41, 5.74) is 6.14. The van der Waals surface area contributed by atoms with Crippen molar-refractivity contribution >= 4 is 11.8 Å². The van der Waals surface area contributed by atoms with Crippen molar-refractivity contribution in [1.82, 2.24) is 10.2 Å². The van der Waals surface area contributed by atoms with E-state index in [1.165, 1.54) is 6.26 Å². The molecule has 1 atom stereocenters. The first kappa shape index (κ1) is 14.6. The number of carbonyl (C=O) groups excluding carboxylic acids is 2. The van der Waals surface area contributed by atoms with Crippen LogP contribution in [0.1, 0.15) is 35.9 Å². The van der Waals surface area contributed by atoms with Crippen LogP contribution in [0.4, 0.5) is 0 Å². The zero-order valence-electron chi connectivity index (χ0n) is 11.9. The lowest BCUT2D eigenvalue weighted by molar-refractivity contribution is -0.123. The van der Waals surface area contributed by atoms with E-state index in [0.717, 1.165) is 31.5 Å². The second kappa shape index (κ2) is 6.09. The number of likely N-dealkylation sites (tertiary alicyclic amines) is 1. The fraction of sp³-hybridized carbons (Fsp3) is 0.571. The fourth-order valence-corrected chi connectivity index (χ4v) is 2.47. The number of nitrogens with one attached hydrogen (secondary N) is 1. The van der Waals surface area contributed by atoms with Crippen LogP contribution in [0.5, 0.6) is 0 Å². The molecule has 3 N–H and O–H groups in total. The summed E-state index contributed by atoms with van der Waals surface area (Å²) >= 11 is 0. The lowest BCUT2D eigenvalue weighted by Crippen LogP contribution is -2.50. The largest absolute Gasteiger partial charge is 0.459 e. The Balaban J connectivity index is 1.84. The molecule has 1 aliphatic heterocycles. The molecule has 110 valence electrons. The number of aryl methyl sites for hydroxylation is 1. The molecule has 1 aliphatic rings. The maximum Gasteiger partial charge on any atom is 0.287 e. The number of amides is 2. The van der Waals surface area contributed by atoms with Crippen molar-refractivity contribution in [1.29, 1.82) is 0 Å². The van der Waals surface area contributed by atoms with Gasteiger partial charge in [0.25, 0.3) is 5.91 Å². The quantitative estimate of drug-likeness (QED) is 0.847. The van der Waals surface area contributed by atoms with Crippen molar-refractivity contribution in [3.63, 3.8) is 0 Å². The molecule has 0 radical (unpaired) electrons. The molecule has 6 nitrogen and oxygen atoms in total. The van der Waals surface area contributed by atoms with Gasteiger partial charge in [-0.2, -0.15) is 0 Å². The van der Waals surface area contributed by atoms with Gasteiger partial charge in [-0.05, 0) is 32.8 Å². The van der Waals surface area contributed by atoms with Crippen molar-refractivity contribution in [2.24, 2.45) is 5.73 Å². The third-order valence-electron chi connectivity index (χ3n) is 3.89. The van der Waals surface area contributed by atoms with Crippen LogP contribution in [0, 0.1) is 6.92 Å². The van der Waals surface area contributed by atoms with Gasteiger partial charge in [0.05, 0.1) is 12.3 Å². The summed E-state index contributed by atoms with van der Waals surface area (Å²) in [7, 11) is 0. The van der Waals surface area contributed by atoms with Gasteiger partial charge in [-0.15, -0.1) is 0 Å². The van der Waals surface area contributed by atoms with Crippen LogP contribution in [-0.2, 0) is 4.79 Å². The first-order valence-corrected chi connectivity index (χ1v) is 6.87.